The van der Waals surface area contributed by atoms with E-state index in [9.17, 15) is 4.79 Å². The molecule has 0 unspecified atom stereocenters. The minimum absolute atomic E-state index is 0.110. The van der Waals surface area contributed by atoms with E-state index in [1.807, 2.05) is 11.4 Å². The van der Waals surface area contributed by atoms with E-state index in [-0.39, 0.29) is 5.91 Å². The highest BCUT2D eigenvalue weighted by Gasteiger charge is 2.07. The van der Waals surface area contributed by atoms with E-state index in [0.717, 1.165) is 10.7 Å². The Labute approximate surface area is 127 Å². The van der Waals surface area contributed by atoms with Crippen molar-refractivity contribution in [1.29, 1.82) is 0 Å². The van der Waals surface area contributed by atoms with E-state index < -0.39 is 0 Å². The maximum absolute atomic E-state index is 12.0. The number of nitrogens with one attached hydrogen (secondary N) is 1. The predicted molar refractivity (Wildman–Crippen MR) is 81.9 cm³/mol. The number of amides is 1. The Balaban J connectivity index is 1.83. The van der Waals surface area contributed by atoms with Crippen LogP contribution in [0.25, 0.3) is 0 Å². The monoisotopic (exact) mass is 306 g/mol. The second-order valence-electron chi connectivity index (χ2n) is 4.40. The maximum atomic E-state index is 12.0. The van der Waals surface area contributed by atoms with Crippen molar-refractivity contribution in [3.8, 4) is 5.75 Å². The van der Waals surface area contributed by atoms with Gasteiger partial charge in [0.05, 0.1) is 19.4 Å². The molecule has 0 saturated carbocycles. The Bertz CT molecular complexity index is 598. The van der Waals surface area contributed by atoms with Crippen LogP contribution in [0.1, 0.15) is 21.1 Å². The number of hydrogen-bond acceptors (Lipinski definition) is 5. The fraction of sp³-hybridized carbons (Fsp3) is 0.333. The van der Waals surface area contributed by atoms with Crippen molar-refractivity contribution in [3.63, 3.8) is 0 Å². The molecule has 2 rings (SSSR count). The van der Waals surface area contributed by atoms with Crippen LogP contribution in [0.15, 0.2) is 29.6 Å². The molecular formula is C15H18N2O3S. The van der Waals surface area contributed by atoms with Crippen molar-refractivity contribution in [2.45, 2.75) is 13.0 Å². The molecule has 6 heteroatoms. The number of hydrogen-bond donors (Lipinski definition) is 1. The first-order chi connectivity index (χ1) is 10.2. The molecule has 1 aromatic heterocycles. The van der Waals surface area contributed by atoms with Gasteiger partial charge >= 0.3 is 0 Å². The van der Waals surface area contributed by atoms with E-state index in [4.69, 9.17) is 9.47 Å². The van der Waals surface area contributed by atoms with Crippen molar-refractivity contribution in [1.82, 2.24) is 10.3 Å². The molecule has 0 aliphatic heterocycles. The van der Waals surface area contributed by atoms with Crippen molar-refractivity contribution < 1.29 is 14.3 Å². The van der Waals surface area contributed by atoms with Gasteiger partial charge < -0.3 is 14.8 Å². The summed E-state index contributed by atoms with van der Waals surface area (Å²) in [6.07, 6.45) is 0.704. The van der Waals surface area contributed by atoms with Gasteiger partial charge in [-0.25, -0.2) is 4.98 Å². The first kappa shape index (κ1) is 15.5. The number of ether oxygens (including phenoxy) is 2. The van der Waals surface area contributed by atoms with E-state index in [1.165, 1.54) is 0 Å². The molecule has 0 aliphatic rings. The van der Waals surface area contributed by atoms with Crippen LogP contribution in [0.2, 0.25) is 0 Å². The summed E-state index contributed by atoms with van der Waals surface area (Å²) in [5.74, 6) is 0.563. The lowest BCUT2D eigenvalue weighted by Crippen LogP contribution is -2.25. The van der Waals surface area contributed by atoms with Crippen LogP contribution < -0.4 is 10.1 Å². The van der Waals surface area contributed by atoms with Gasteiger partial charge in [-0.15, -0.1) is 11.3 Å². The molecule has 0 atom stereocenters. The zero-order chi connectivity index (χ0) is 15.1. The quantitative estimate of drug-likeness (QED) is 0.852. The highest BCUT2D eigenvalue weighted by molar-refractivity contribution is 7.09. The molecule has 0 bridgehead atoms. The Morgan fingerprint density at radius 1 is 1.38 bits per heavy atom. The smallest absolute Gasteiger partial charge is 0.251 e. The second kappa shape index (κ2) is 7.75. The van der Waals surface area contributed by atoms with Crippen LogP contribution in [-0.2, 0) is 17.8 Å². The largest absolute Gasteiger partial charge is 0.497 e. The molecule has 2 aromatic rings. The van der Waals surface area contributed by atoms with Crippen molar-refractivity contribution >= 4 is 17.2 Å². The average molecular weight is 306 g/mol. The van der Waals surface area contributed by atoms with Gasteiger partial charge in [-0.3, -0.25) is 4.79 Å². The first-order valence-electron chi connectivity index (χ1n) is 6.57. The maximum Gasteiger partial charge on any atom is 0.251 e. The zero-order valence-electron chi connectivity index (χ0n) is 12.1. The van der Waals surface area contributed by atoms with Crippen molar-refractivity contribution in [2.75, 3.05) is 20.8 Å². The Hall–Kier alpha value is -1.92. The molecular weight excluding hydrogens is 288 g/mol. The van der Waals surface area contributed by atoms with Gasteiger partial charge in [0.2, 0.25) is 0 Å². The van der Waals surface area contributed by atoms with Crippen LogP contribution in [-0.4, -0.2) is 31.7 Å². The lowest BCUT2D eigenvalue weighted by molar-refractivity contribution is 0.0953. The molecule has 1 amide bonds. The van der Waals surface area contributed by atoms with Gasteiger partial charge in [0.15, 0.2) is 0 Å². The predicted octanol–water partition coefficient (Wildman–Crippen LogP) is 2.27. The Morgan fingerprint density at radius 2 is 2.24 bits per heavy atom. The Morgan fingerprint density at radius 3 is 3.00 bits per heavy atom. The molecule has 1 N–H and O–H groups in total. The van der Waals surface area contributed by atoms with Crippen LogP contribution in [0, 0.1) is 0 Å². The minimum Gasteiger partial charge on any atom is -0.497 e. The lowest BCUT2D eigenvalue weighted by atomic mass is 10.2. The number of methoxy groups -OCH3 is 2. The van der Waals surface area contributed by atoms with Gasteiger partial charge in [-0.05, 0) is 18.2 Å². The molecule has 5 nitrogen and oxygen atoms in total. The minimum atomic E-state index is -0.110. The molecule has 1 aromatic carbocycles. The number of rotatable bonds is 7. The van der Waals surface area contributed by atoms with Gasteiger partial charge in [0.25, 0.3) is 5.91 Å². The second-order valence-corrected chi connectivity index (χ2v) is 5.35. The first-order valence-corrected chi connectivity index (χ1v) is 7.45. The Kier molecular flexibility index (Phi) is 5.71. The van der Waals surface area contributed by atoms with E-state index in [2.05, 4.69) is 10.3 Å². The van der Waals surface area contributed by atoms with E-state index in [1.54, 1.807) is 43.8 Å². The summed E-state index contributed by atoms with van der Waals surface area (Å²) >= 11 is 1.57. The molecule has 21 heavy (non-hydrogen) atoms. The van der Waals surface area contributed by atoms with E-state index in [0.29, 0.717) is 30.9 Å². The van der Waals surface area contributed by atoms with E-state index >= 15 is 0 Å². The molecule has 0 saturated heterocycles. The summed E-state index contributed by atoms with van der Waals surface area (Å²) in [6.45, 7) is 1.08. The number of carbonyl (C=O) groups excluding carboxylic acids is 1. The molecule has 1 heterocycles. The van der Waals surface area contributed by atoms with Crippen LogP contribution in [0.5, 0.6) is 5.75 Å². The summed E-state index contributed by atoms with van der Waals surface area (Å²) in [5, 5.41) is 5.82. The number of benzene rings is 1. The number of carbonyl (C=O) groups is 1. The third kappa shape index (κ3) is 4.54. The SMILES string of the molecule is COCc1nc(CCNC(=O)c2cccc(OC)c2)cs1. The highest BCUT2D eigenvalue weighted by atomic mass is 32.1. The van der Waals surface area contributed by atoms with Gasteiger partial charge in [0.1, 0.15) is 10.8 Å². The fourth-order valence-corrected chi connectivity index (χ4v) is 2.62. The standard InChI is InChI=1S/C15H18N2O3S/c1-19-9-14-17-12(10-21-14)6-7-16-15(18)11-4-3-5-13(8-11)20-2/h3-5,8,10H,6-7,9H2,1-2H3,(H,16,18). The number of aromatic nitrogens is 1. The van der Waals surface area contributed by atoms with Crippen molar-refractivity contribution in [3.05, 3.63) is 45.9 Å². The third-order valence-electron chi connectivity index (χ3n) is 2.87. The van der Waals surface area contributed by atoms with Gasteiger partial charge in [-0.1, -0.05) is 6.07 Å². The third-order valence-corrected chi connectivity index (χ3v) is 3.74. The summed E-state index contributed by atoms with van der Waals surface area (Å²) in [4.78, 5) is 16.4. The summed E-state index contributed by atoms with van der Waals surface area (Å²) < 4.78 is 10.1. The molecule has 0 spiro atoms. The van der Waals surface area contributed by atoms with Crippen LogP contribution >= 0.6 is 11.3 Å². The fourth-order valence-electron chi connectivity index (χ4n) is 1.82. The lowest BCUT2D eigenvalue weighted by Gasteiger charge is -2.05. The molecule has 0 radical (unpaired) electrons. The highest BCUT2D eigenvalue weighted by Crippen LogP contribution is 2.13. The normalized spacial score (nSPS) is 10.4. The topological polar surface area (TPSA) is 60.5 Å². The molecule has 112 valence electrons. The van der Waals surface area contributed by atoms with Crippen LogP contribution in [0.4, 0.5) is 0 Å². The number of thiazole rings is 1. The molecule has 0 fully saturated rings. The van der Waals surface area contributed by atoms with Gasteiger partial charge in [-0.2, -0.15) is 0 Å². The van der Waals surface area contributed by atoms with Crippen LogP contribution in [0.3, 0.4) is 0 Å². The van der Waals surface area contributed by atoms with Gasteiger partial charge in [0, 0.05) is 31.0 Å². The summed E-state index contributed by atoms with van der Waals surface area (Å²) in [7, 11) is 3.23. The summed E-state index contributed by atoms with van der Waals surface area (Å²) in [6, 6.07) is 7.08. The molecule has 0 aliphatic carbocycles. The number of nitrogens with zero attached hydrogens (tertiary/aromatic N) is 1. The zero-order valence-corrected chi connectivity index (χ0v) is 12.9. The average Bonchev–Trinajstić information content (AvgIpc) is 2.95. The summed E-state index contributed by atoms with van der Waals surface area (Å²) in [5.41, 5.74) is 1.56. The van der Waals surface area contributed by atoms with Crippen molar-refractivity contribution in [2.24, 2.45) is 0 Å².